The molecule has 196 valence electrons. The van der Waals surface area contributed by atoms with Crippen LogP contribution in [-0.2, 0) is 19.2 Å². The molecule has 14 heteroatoms. The zero-order valence-corrected chi connectivity index (χ0v) is 19.6. The zero-order chi connectivity index (χ0) is 25.9. The van der Waals surface area contributed by atoms with Crippen molar-refractivity contribution in [3.8, 4) is 0 Å². The third-order valence-corrected chi connectivity index (χ3v) is 4.88. The number of nitrogens with two attached hydrogens (primary N) is 5. The number of carboxylic acids is 1. The standard InChI is InChI=1S/C20H41N9O5/c21-9-3-1-7-14(18(33)27-12-16(30)31)29-19(34)15(8-2-4-10-22)28-17(32)13(23)6-5-11-26-20(24)25/h13-15H,1-12,21-23H2,(H,27,33)(H,28,32)(H,29,34)(H,30,31)(H4,24,25,26). The fourth-order valence-corrected chi connectivity index (χ4v) is 3.01. The number of hydrogen-bond acceptors (Lipinski definition) is 8. The molecule has 0 radical (unpaired) electrons. The maximum Gasteiger partial charge on any atom is 0.322 e. The van der Waals surface area contributed by atoms with Gasteiger partial charge in [0.15, 0.2) is 5.96 Å². The van der Waals surface area contributed by atoms with E-state index in [1.54, 1.807) is 0 Å². The van der Waals surface area contributed by atoms with Crippen molar-refractivity contribution in [2.24, 2.45) is 33.7 Å². The van der Waals surface area contributed by atoms with Crippen molar-refractivity contribution in [2.45, 2.75) is 69.5 Å². The van der Waals surface area contributed by atoms with Crippen LogP contribution in [0.15, 0.2) is 4.99 Å². The van der Waals surface area contributed by atoms with Gasteiger partial charge in [-0.1, -0.05) is 0 Å². The Kier molecular flexibility index (Phi) is 16.8. The highest BCUT2D eigenvalue weighted by atomic mass is 16.4. The van der Waals surface area contributed by atoms with Crippen LogP contribution in [0.2, 0.25) is 0 Å². The number of hydrogen-bond donors (Lipinski definition) is 9. The number of carboxylic acid groups (broad SMARTS) is 1. The van der Waals surface area contributed by atoms with E-state index in [1.165, 1.54) is 0 Å². The lowest BCUT2D eigenvalue weighted by molar-refractivity contribution is -0.138. The predicted molar refractivity (Wildman–Crippen MR) is 128 cm³/mol. The van der Waals surface area contributed by atoms with E-state index in [9.17, 15) is 19.2 Å². The number of aliphatic carboxylic acids is 1. The molecular formula is C20H41N9O5. The summed E-state index contributed by atoms with van der Waals surface area (Å²) in [6, 6.07) is -2.79. The van der Waals surface area contributed by atoms with E-state index in [1.807, 2.05) is 0 Å². The van der Waals surface area contributed by atoms with Crippen LogP contribution in [-0.4, -0.2) is 79.1 Å². The summed E-state index contributed by atoms with van der Waals surface area (Å²) in [6.07, 6.45) is 3.73. The highest BCUT2D eigenvalue weighted by Gasteiger charge is 2.27. The summed E-state index contributed by atoms with van der Waals surface area (Å²) in [6.45, 7) is 0.579. The van der Waals surface area contributed by atoms with Gasteiger partial charge in [0.25, 0.3) is 0 Å². The van der Waals surface area contributed by atoms with Gasteiger partial charge in [0.2, 0.25) is 17.7 Å². The number of rotatable bonds is 19. The summed E-state index contributed by atoms with van der Waals surface area (Å²) in [5.41, 5.74) is 27.5. The molecule has 3 atom stereocenters. The van der Waals surface area contributed by atoms with Gasteiger partial charge in [-0.15, -0.1) is 0 Å². The Balaban J connectivity index is 5.17. The quantitative estimate of drug-likeness (QED) is 0.0500. The van der Waals surface area contributed by atoms with Crippen LogP contribution >= 0.6 is 0 Å². The maximum absolute atomic E-state index is 13.0. The lowest BCUT2D eigenvalue weighted by Gasteiger charge is -2.24. The van der Waals surface area contributed by atoms with Crippen molar-refractivity contribution >= 4 is 29.7 Å². The lowest BCUT2D eigenvalue weighted by atomic mass is 10.0. The van der Waals surface area contributed by atoms with Crippen LogP contribution in [0.4, 0.5) is 0 Å². The third kappa shape index (κ3) is 15.0. The molecule has 0 aliphatic carbocycles. The number of amides is 3. The van der Waals surface area contributed by atoms with E-state index in [0.717, 1.165) is 0 Å². The van der Waals surface area contributed by atoms with Gasteiger partial charge in [-0.3, -0.25) is 24.2 Å². The second-order valence-electron chi connectivity index (χ2n) is 7.86. The summed E-state index contributed by atoms with van der Waals surface area (Å²) in [5.74, 6) is -2.98. The molecule has 0 heterocycles. The largest absolute Gasteiger partial charge is 0.480 e. The Morgan fingerprint density at radius 1 is 0.765 bits per heavy atom. The van der Waals surface area contributed by atoms with E-state index < -0.39 is 48.4 Å². The van der Waals surface area contributed by atoms with Crippen molar-refractivity contribution in [2.75, 3.05) is 26.2 Å². The molecule has 0 bridgehead atoms. The molecule has 0 aliphatic rings. The number of carbonyl (C=O) groups is 4. The average molecular weight is 488 g/mol. The van der Waals surface area contributed by atoms with Crippen molar-refractivity contribution in [1.82, 2.24) is 16.0 Å². The minimum absolute atomic E-state index is 0.0527. The first kappa shape index (κ1) is 31.0. The van der Waals surface area contributed by atoms with E-state index in [2.05, 4.69) is 20.9 Å². The fourth-order valence-electron chi connectivity index (χ4n) is 3.01. The number of unbranched alkanes of at least 4 members (excludes halogenated alkanes) is 2. The van der Waals surface area contributed by atoms with Crippen LogP contribution in [0.3, 0.4) is 0 Å². The molecule has 0 saturated carbocycles. The number of nitrogens with one attached hydrogen (secondary N) is 3. The van der Waals surface area contributed by atoms with E-state index in [4.69, 9.17) is 33.8 Å². The second-order valence-corrected chi connectivity index (χ2v) is 7.86. The summed E-state index contributed by atoms with van der Waals surface area (Å²) < 4.78 is 0. The summed E-state index contributed by atoms with van der Waals surface area (Å²) in [4.78, 5) is 52.5. The first-order chi connectivity index (χ1) is 16.1. The highest BCUT2D eigenvalue weighted by molar-refractivity contribution is 5.93. The molecule has 0 rings (SSSR count). The normalized spacial score (nSPS) is 13.3. The van der Waals surface area contributed by atoms with Gasteiger partial charge in [0.05, 0.1) is 6.04 Å². The van der Waals surface area contributed by atoms with Crippen LogP contribution in [0.25, 0.3) is 0 Å². The van der Waals surface area contributed by atoms with Gasteiger partial charge in [0, 0.05) is 6.54 Å². The summed E-state index contributed by atoms with van der Waals surface area (Å²) in [5, 5.41) is 16.3. The number of aliphatic imine (C=N–C) groups is 1. The SMILES string of the molecule is NCCCCC(NC(=O)C(N)CCCN=C(N)N)C(=O)NC(CCCCN)C(=O)NCC(=O)O. The van der Waals surface area contributed by atoms with Crippen LogP contribution in [0.1, 0.15) is 51.4 Å². The number of carbonyl (C=O) groups excluding carboxylic acids is 3. The summed E-state index contributed by atoms with van der Waals surface area (Å²) >= 11 is 0. The molecule has 3 amide bonds. The van der Waals surface area contributed by atoms with Gasteiger partial charge < -0.3 is 49.7 Å². The zero-order valence-electron chi connectivity index (χ0n) is 19.6. The Labute approximate surface area is 199 Å². The van der Waals surface area contributed by atoms with Crippen molar-refractivity contribution < 1.29 is 24.3 Å². The maximum atomic E-state index is 13.0. The lowest BCUT2D eigenvalue weighted by Crippen LogP contribution is -2.56. The molecule has 0 aromatic heterocycles. The molecule has 0 fully saturated rings. The van der Waals surface area contributed by atoms with Crippen molar-refractivity contribution in [3.05, 3.63) is 0 Å². The Bertz CT molecular complexity index is 671. The molecular weight excluding hydrogens is 446 g/mol. The molecule has 0 saturated heterocycles. The van der Waals surface area contributed by atoms with E-state index >= 15 is 0 Å². The Morgan fingerprint density at radius 2 is 1.29 bits per heavy atom. The van der Waals surface area contributed by atoms with Gasteiger partial charge in [-0.2, -0.15) is 0 Å². The van der Waals surface area contributed by atoms with Gasteiger partial charge in [-0.05, 0) is 64.5 Å². The first-order valence-electron chi connectivity index (χ1n) is 11.4. The highest BCUT2D eigenvalue weighted by Crippen LogP contribution is 2.06. The van der Waals surface area contributed by atoms with E-state index in [-0.39, 0.29) is 12.4 Å². The third-order valence-electron chi connectivity index (χ3n) is 4.88. The van der Waals surface area contributed by atoms with Crippen molar-refractivity contribution in [3.63, 3.8) is 0 Å². The molecule has 0 aromatic carbocycles. The molecule has 0 aromatic rings. The molecule has 0 spiro atoms. The minimum Gasteiger partial charge on any atom is -0.480 e. The summed E-state index contributed by atoms with van der Waals surface area (Å²) in [7, 11) is 0. The minimum atomic E-state index is -1.21. The number of guanidine groups is 1. The topological polar surface area (TPSA) is 267 Å². The van der Waals surface area contributed by atoms with Gasteiger partial charge in [-0.25, -0.2) is 0 Å². The van der Waals surface area contributed by atoms with Crippen LogP contribution < -0.4 is 44.6 Å². The van der Waals surface area contributed by atoms with Gasteiger partial charge in [0.1, 0.15) is 18.6 Å². The van der Waals surface area contributed by atoms with Crippen LogP contribution in [0.5, 0.6) is 0 Å². The average Bonchev–Trinajstić information content (AvgIpc) is 2.78. The van der Waals surface area contributed by atoms with Crippen molar-refractivity contribution in [1.29, 1.82) is 0 Å². The Morgan fingerprint density at radius 3 is 1.79 bits per heavy atom. The fraction of sp³-hybridized carbons (Fsp3) is 0.750. The van der Waals surface area contributed by atoms with E-state index in [0.29, 0.717) is 64.6 Å². The van der Waals surface area contributed by atoms with Gasteiger partial charge >= 0.3 is 5.97 Å². The molecule has 3 unspecified atom stereocenters. The molecule has 14 N–H and O–H groups in total. The first-order valence-corrected chi connectivity index (χ1v) is 11.4. The smallest absolute Gasteiger partial charge is 0.322 e. The monoisotopic (exact) mass is 487 g/mol. The molecule has 14 nitrogen and oxygen atoms in total. The molecule has 0 aliphatic heterocycles. The number of nitrogens with zero attached hydrogens (tertiary/aromatic N) is 1. The second kappa shape index (κ2) is 18.5. The predicted octanol–water partition coefficient (Wildman–Crippen LogP) is -3.20. The molecule has 34 heavy (non-hydrogen) atoms. The Hall–Kier alpha value is -2.97. The van der Waals surface area contributed by atoms with Crippen LogP contribution in [0, 0.1) is 0 Å².